The molecule has 0 aromatic carbocycles. The molecule has 4 heteroatoms. The zero-order valence-corrected chi connectivity index (χ0v) is 7.17. The summed E-state index contributed by atoms with van der Waals surface area (Å²) in [6, 6.07) is 1.64. The summed E-state index contributed by atoms with van der Waals surface area (Å²) in [6.45, 7) is 2.93. The quantitative estimate of drug-likeness (QED) is 0.684. The average molecular weight is 170 g/mol. The lowest BCUT2D eigenvalue weighted by Crippen LogP contribution is -2.09. The Kier molecular flexibility index (Phi) is 2.58. The van der Waals surface area contributed by atoms with Crippen LogP contribution in [0.5, 0.6) is 0 Å². The van der Waals surface area contributed by atoms with Crippen molar-refractivity contribution in [1.29, 1.82) is 0 Å². The van der Waals surface area contributed by atoms with Gasteiger partial charge in [-0.2, -0.15) is 5.10 Å². The van der Waals surface area contributed by atoms with E-state index in [1.807, 2.05) is 0 Å². The van der Waals surface area contributed by atoms with Crippen molar-refractivity contribution in [2.24, 2.45) is 0 Å². The normalized spacial score (nSPS) is 10.2. The molecule has 0 unspecified atom stereocenters. The Bertz CT molecular complexity index is 293. The standard InChI is InChI=1S/C8H11FN2O/c1-6-3-8(4-9)10-11(6)5-7(2)12/h3H,4-5H2,1-2H3. The lowest BCUT2D eigenvalue weighted by Gasteiger charge is -1.98. The summed E-state index contributed by atoms with van der Waals surface area (Å²) in [7, 11) is 0. The van der Waals surface area contributed by atoms with Gasteiger partial charge in [0.15, 0.2) is 5.78 Å². The van der Waals surface area contributed by atoms with Crippen molar-refractivity contribution in [1.82, 2.24) is 9.78 Å². The van der Waals surface area contributed by atoms with E-state index in [0.29, 0.717) is 5.69 Å². The van der Waals surface area contributed by atoms with Crippen molar-refractivity contribution in [2.45, 2.75) is 27.1 Å². The van der Waals surface area contributed by atoms with Crippen LogP contribution in [0.1, 0.15) is 18.3 Å². The number of halogens is 1. The minimum absolute atomic E-state index is 0.0200. The lowest BCUT2D eigenvalue weighted by molar-refractivity contribution is -0.117. The highest BCUT2D eigenvalue weighted by molar-refractivity contribution is 5.75. The number of alkyl halides is 1. The molecule has 0 bridgehead atoms. The van der Waals surface area contributed by atoms with Gasteiger partial charge in [0.05, 0.1) is 12.2 Å². The zero-order valence-electron chi connectivity index (χ0n) is 7.17. The van der Waals surface area contributed by atoms with Crippen LogP contribution in [0, 0.1) is 6.92 Å². The van der Waals surface area contributed by atoms with Gasteiger partial charge < -0.3 is 0 Å². The monoisotopic (exact) mass is 170 g/mol. The number of aromatic nitrogens is 2. The van der Waals surface area contributed by atoms with E-state index in [1.165, 1.54) is 11.6 Å². The first-order valence-corrected chi connectivity index (χ1v) is 3.72. The topological polar surface area (TPSA) is 34.9 Å². The van der Waals surface area contributed by atoms with Crippen LogP contribution >= 0.6 is 0 Å². The fourth-order valence-corrected chi connectivity index (χ4v) is 1.01. The number of carbonyl (C=O) groups excluding carboxylic acids is 1. The summed E-state index contributed by atoms with van der Waals surface area (Å²) in [5.74, 6) is 0.0200. The van der Waals surface area contributed by atoms with E-state index in [4.69, 9.17) is 0 Å². The molecule has 0 N–H and O–H groups in total. The van der Waals surface area contributed by atoms with Gasteiger partial charge in [-0.25, -0.2) is 4.39 Å². The summed E-state index contributed by atoms with van der Waals surface area (Å²) in [4.78, 5) is 10.7. The van der Waals surface area contributed by atoms with E-state index in [1.54, 1.807) is 13.0 Å². The van der Waals surface area contributed by atoms with Gasteiger partial charge in [-0.3, -0.25) is 9.48 Å². The SMILES string of the molecule is CC(=O)Cn1nc(CF)cc1C. The second-order valence-corrected chi connectivity index (χ2v) is 2.77. The molecule has 3 nitrogen and oxygen atoms in total. The average Bonchev–Trinajstić information content (AvgIpc) is 2.31. The van der Waals surface area contributed by atoms with Gasteiger partial charge in [0.25, 0.3) is 0 Å². The third-order valence-corrected chi connectivity index (χ3v) is 1.54. The molecule has 0 atom stereocenters. The fraction of sp³-hybridized carbons (Fsp3) is 0.500. The molecular formula is C8H11FN2O. The number of carbonyl (C=O) groups is 1. The molecule has 0 aliphatic heterocycles. The molecular weight excluding hydrogens is 159 g/mol. The Morgan fingerprint density at radius 1 is 1.75 bits per heavy atom. The Hall–Kier alpha value is -1.19. The van der Waals surface area contributed by atoms with E-state index in [9.17, 15) is 9.18 Å². The van der Waals surface area contributed by atoms with Gasteiger partial charge >= 0.3 is 0 Å². The van der Waals surface area contributed by atoms with Gasteiger partial charge in [0.1, 0.15) is 6.67 Å². The molecule has 0 saturated heterocycles. The van der Waals surface area contributed by atoms with Crippen molar-refractivity contribution in [2.75, 3.05) is 0 Å². The lowest BCUT2D eigenvalue weighted by atomic mass is 10.4. The molecule has 12 heavy (non-hydrogen) atoms. The highest BCUT2D eigenvalue weighted by Crippen LogP contribution is 2.04. The number of hydrogen-bond donors (Lipinski definition) is 0. The third kappa shape index (κ3) is 1.90. The van der Waals surface area contributed by atoms with Crippen LogP contribution in [0.3, 0.4) is 0 Å². The first-order valence-electron chi connectivity index (χ1n) is 3.72. The molecule has 0 fully saturated rings. The van der Waals surface area contributed by atoms with E-state index in [0.717, 1.165) is 5.69 Å². The van der Waals surface area contributed by atoms with Gasteiger partial charge in [0, 0.05) is 5.69 Å². The molecule has 0 aliphatic carbocycles. The van der Waals surface area contributed by atoms with Crippen LogP contribution in [0.15, 0.2) is 6.07 Å². The molecule has 0 saturated carbocycles. The van der Waals surface area contributed by atoms with Crippen LogP contribution < -0.4 is 0 Å². The number of nitrogens with zero attached hydrogens (tertiary/aromatic N) is 2. The summed E-state index contributed by atoms with van der Waals surface area (Å²) < 4.78 is 13.6. The Morgan fingerprint density at radius 3 is 2.83 bits per heavy atom. The van der Waals surface area contributed by atoms with Crippen molar-refractivity contribution >= 4 is 5.78 Å². The zero-order chi connectivity index (χ0) is 9.14. The Labute approximate surface area is 70.2 Å². The maximum Gasteiger partial charge on any atom is 0.151 e. The van der Waals surface area contributed by atoms with Gasteiger partial charge in [-0.1, -0.05) is 0 Å². The molecule has 0 radical (unpaired) electrons. The third-order valence-electron chi connectivity index (χ3n) is 1.54. The molecule has 66 valence electrons. The largest absolute Gasteiger partial charge is 0.298 e. The highest BCUT2D eigenvalue weighted by Gasteiger charge is 2.04. The Morgan fingerprint density at radius 2 is 2.42 bits per heavy atom. The molecule has 0 aliphatic rings. The van der Waals surface area contributed by atoms with E-state index < -0.39 is 6.67 Å². The number of aryl methyl sites for hydroxylation is 1. The second-order valence-electron chi connectivity index (χ2n) is 2.77. The molecule has 0 spiro atoms. The summed E-state index contributed by atoms with van der Waals surface area (Å²) in [5, 5.41) is 3.89. The number of rotatable bonds is 3. The van der Waals surface area contributed by atoms with Crippen LogP contribution in [0.25, 0.3) is 0 Å². The number of Topliss-reactive ketones (excluding diaryl/α,β-unsaturated/α-hetero) is 1. The van der Waals surface area contributed by atoms with Gasteiger partial charge in [-0.05, 0) is 19.9 Å². The number of ketones is 1. The summed E-state index contributed by atoms with van der Waals surface area (Å²) in [5.41, 5.74) is 1.20. The molecule has 1 aromatic rings. The summed E-state index contributed by atoms with van der Waals surface area (Å²) >= 11 is 0. The van der Waals surface area contributed by atoms with Crippen LogP contribution in [0.4, 0.5) is 4.39 Å². The second kappa shape index (κ2) is 3.47. The minimum atomic E-state index is -0.578. The first-order chi connectivity index (χ1) is 5.63. The molecule has 1 aromatic heterocycles. The fourth-order valence-electron chi connectivity index (χ4n) is 1.01. The molecule has 1 rings (SSSR count). The van der Waals surface area contributed by atoms with Gasteiger partial charge in [0.2, 0.25) is 0 Å². The van der Waals surface area contributed by atoms with E-state index in [-0.39, 0.29) is 12.3 Å². The first kappa shape index (κ1) is 8.90. The van der Waals surface area contributed by atoms with Crippen LogP contribution in [-0.2, 0) is 18.0 Å². The number of hydrogen-bond acceptors (Lipinski definition) is 2. The minimum Gasteiger partial charge on any atom is -0.298 e. The predicted molar refractivity (Wildman–Crippen MR) is 42.5 cm³/mol. The smallest absolute Gasteiger partial charge is 0.151 e. The van der Waals surface area contributed by atoms with Crippen molar-refractivity contribution < 1.29 is 9.18 Å². The van der Waals surface area contributed by atoms with Crippen LogP contribution in [-0.4, -0.2) is 15.6 Å². The van der Waals surface area contributed by atoms with E-state index in [2.05, 4.69) is 5.10 Å². The molecule has 1 heterocycles. The maximum atomic E-state index is 12.1. The maximum absolute atomic E-state index is 12.1. The Balaban J connectivity index is 2.84. The predicted octanol–water partition coefficient (Wildman–Crippen LogP) is 1.25. The molecule has 0 amide bonds. The van der Waals surface area contributed by atoms with Crippen molar-refractivity contribution in [3.63, 3.8) is 0 Å². The van der Waals surface area contributed by atoms with Crippen LogP contribution in [0.2, 0.25) is 0 Å². The highest BCUT2D eigenvalue weighted by atomic mass is 19.1. The van der Waals surface area contributed by atoms with Gasteiger partial charge in [-0.15, -0.1) is 0 Å². The van der Waals surface area contributed by atoms with E-state index >= 15 is 0 Å². The van der Waals surface area contributed by atoms with Crippen molar-refractivity contribution in [3.05, 3.63) is 17.5 Å². The van der Waals surface area contributed by atoms with Crippen molar-refractivity contribution in [3.8, 4) is 0 Å². The summed E-state index contributed by atoms with van der Waals surface area (Å²) in [6.07, 6.45) is 0.